The Kier molecular flexibility index (Phi) is 4.49. The highest BCUT2D eigenvalue weighted by atomic mass is 16.3. The number of nitrogens with zero attached hydrogens (tertiary/aromatic N) is 4. The van der Waals surface area contributed by atoms with Crippen LogP contribution in [0.25, 0.3) is 98.9 Å². The van der Waals surface area contributed by atoms with E-state index in [1.54, 1.807) is 0 Å². The standard InChI is InChI=1S/C40H22N4O2/c1-3-7-33-25(5-1)27-13-15-41-21-35(27)43(33)23-9-11-37-29(17-23)31-19-40-32(20-39(31)45-37)30-18-24(10-12-38(30)46-40)44-34-8-4-2-6-26(34)28-14-16-42-22-36(28)44/h1-22H. The monoisotopic (exact) mass is 590 g/mol. The zero-order valence-electron chi connectivity index (χ0n) is 24.3. The number of hydrogen-bond donors (Lipinski definition) is 0. The summed E-state index contributed by atoms with van der Waals surface area (Å²) in [5.41, 5.74) is 9.90. The second kappa shape index (κ2) is 8.61. The lowest BCUT2D eigenvalue weighted by Crippen LogP contribution is -1.93. The van der Waals surface area contributed by atoms with Gasteiger partial charge in [0.15, 0.2) is 0 Å². The topological polar surface area (TPSA) is 61.9 Å². The van der Waals surface area contributed by atoms with Gasteiger partial charge in [-0.3, -0.25) is 9.97 Å². The van der Waals surface area contributed by atoms with Crippen LogP contribution in [0.1, 0.15) is 0 Å². The Morgan fingerprint density at radius 3 is 1.30 bits per heavy atom. The molecule has 0 unspecified atom stereocenters. The molecule has 0 saturated heterocycles. The molecule has 6 heterocycles. The number of hydrogen-bond acceptors (Lipinski definition) is 4. The van der Waals surface area contributed by atoms with Crippen LogP contribution in [-0.4, -0.2) is 19.1 Å². The smallest absolute Gasteiger partial charge is 0.136 e. The summed E-state index contributed by atoms with van der Waals surface area (Å²) in [6.45, 7) is 0. The molecule has 0 spiro atoms. The van der Waals surface area contributed by atoms with E-state index in [1.807, 2.05) is 24.8 Å². The lowest BCUT2D eigenvalue weighted by Gasteiger charge is -2.07. The number of aromatic nitrogens is 4. The first-order valence-corrected chi connectivity index (χ1v) is 15.3. The predicted molar refractivity (Wildman–Crippen MR) is 185 cm³/mol. The third-order valence-electron chi connectivity index (χ3n) is 9.50. The Bertz CT molecular complexity index is 2730. The third kappa shape index (κ3) is 3.09. The van der Waals surface area contributed by atoms with Gasteiger partial charge < -0.3 is 18.0 Å². The number of rotatable bonds is 2. The Balaban J connectivity index is 1.13. The Labute approximate surface area is 260 Å². The van der Waals surface area contributed by atoms with E-state index in [-0.39, 0.29) is 0 Å². The lowest BCUT2D eigenvalue weighted by atomic mass is 10.1. The van der Waals surface area contributed by atoms with Crippen molar-refractivity contribution in [3.8, 4) is 11.4 Å². The first kappa shape index (κ1) is 24.0. The number of benzene rings is 5. The Morgan fingerprint density at radius 2 is 0.804 bits per heavy atom. The number of para-hydroxylation sites is 2. The maximum Gasteiger partial charge on any atom is 0.136 e. The van der Waals surface area contributed by atoms with Crippen LogP contribution in [-0.2, 0) is 0 Å². The maximum atomic E-state index is 6.47. The molecular weight excluding hydrogens is 568 g/mol. The first-order valence-electron chi connectivity index (χ1n) is 15.3. The molecule has 0 radical (unpaired) electrons. The molecule has 214 valence electrons. The van der Waals surface area contributed by atoms with Crippen LogP contribution in [0.4, 0.5) is 0 Å². The highest BCUT2D eigenvalue weighted by Crippen LogP contribution is 2.40. The van der Waals surface area contributed by atoms with Crippen LogP contribution >= 0.6 is 0 Å². The van der Waals surface area contributed by atoms with Crippen molar-refractivity contribution in [3.63, 3.8) is 0 Å². The van der Waals surface area contributed by atoms with Gasteiger partial charge in [0.25, 0.3) is 0 Å². The van der Waals surface area contributed by atoms with E-state index in [0.29, 0.717) is 0 Å². The molecule has 0 amide bonds. The summed E-state index contributed by atoms with van der Waals surface area (Å²) in [5.74, 6) is 0. The molecule has 0 bridgehead atoms. The Hall–Kier alpha value is -6.40. The van der Waals surface area contributed by atoms with Gasteiger partial charge in [0, 0.05) is 66.9 Å². The van der Waals surface area contributed by atoms with Crippen molar-refractivity contribution in [3.05, 3.63) is 134 Å². The van der Waals surface area contributed by atoms with Crippen molar-refractivity contribution >= 4 is 87.5 Å². The van der Waals surface area contributed by atoms with Gasteiger partial charge in [-0.1, -0.05) is 36.4 Å². The summed E-state index contributed by atoms with van der Waals surface area (Å²) in [5, 5.41) is 8.92. The zero-order valence-corrected chi connectivity index (χ0v) is 24.3. The normalized spacial score (nSPS) is 12.3. The van der Waals surface area contributed by atoms with Crippen molar-refractivity contribution in [2.75, 3.05) is 0 Å². The molecule has 6 aromatic heterocycles. The molecule has 11 rings (SSSR count). The van der Waals surface area contributed by atoms with Gasteiger partial charge in [-0.05, 0) is 72.8 Å². The first-order chi connectivity index (χ1) is 22.8. The molecule has 6 nitrogen and oxygen atoms in total. The molecule has 11 aromatic rings. The van der Waals surface area contributed by atoms with E-state index in [4.69, 9.17) is 8.83 Å². The van der Waals surface area contributed by atoms with Gasteiger partial charge in [-0.25, -0.2) is 0 Å². The van der Waals surface area contributed by atoms with Crippen LogP contribution in [0.5, 0.6) is 0 Å². The van der Waals surface area contributed by atoms with E-state index in [1.165, 1.54) is 21.5 Å². The van der Waals surface area contributed by atoms with Crippen LogP contribution < -0.4 is 0 Å². The minimum Gasteiger partial charge on any atom is -0.456 e. The summed E-state index contributed by atoms with van der Waals surface area (Å²) >= 11 is 0. The number of fused-ring (bicyclic) bond motifs is 12. The predicted octanol–water partition coefficient (Wildman–Crippen LogP) is 10.5. The third-order valence-corrected chi connectivity index (χ3v) is 9.50. The largest absolute Gasteiger partial charge is 0.456 e. The van der Waals surface area contributed by atoms with Crippen molar-refractivity contribution in [1.82, 2.24) is 19.1 Å². The minimum atomic E-state index is 0.831. The average molecular weight is 591 g/mol. The molecule has 5 aromatic carbocycles. The van der Waals surface area contributed by atoms with E-state index in [0.717, 1.165) is 77.3 Å². The molecule has 6 heteroatoms. The van der Waals surface area contributed by atoms with Gasteiger partial charge >= 0.3 is 0 Å². The van der Waals surface area contributed by atoms with E-state index >= 15 is 0 Å². The summed E-state index contributed by atoms with van der Waals surface area (Å²) in [4.78, 5) is 8.89. The molecule has 0 saturated carbocycles. The summed E-state index contributed by atoms with van der Waals surface area (Å²) in [6, 6.07) is 38.2. The highest BCUT2D eigenvalue weighted by molar-refractivity contribution is 6.16. The summed E-state index contributed by atoms with van der Waals surface area (Å²) in [6.07, 6.45) is 7.59. The fourth-order valence-electron chi connectivity index (χ4n) is 7.49. The van der Waals surface area contributed by atoms with Gasteiger partial charge in [-0.15, -0.1) is 0 Å². The lowest BCUT2D eigenvalue weighted by molar-refractivity contribution is 0.664. The second-order valence-corrected chi connectivity index (χ2v) is 11.9. The number of furan rings is 2. The van der Waals surface area contributed by atoms with Crippen molar-refractivity contribution < 1.29 is 8.83 Å². The summed E-state index contributed by atoms with van der Waals surface area (Å²) in [7, 11) is 0. The van der Waals surface area contributed by atoms with Gasteiger partial charge in [-0.2, -0.15) is 0 Å². The van der Waals surface area contributed by atoms with Crippen LogP contribution in [0.3, 0.4) is 0 Å². The van der Waals surface area contributed by atoms with Crippen molar-refractivity contribution in [2.24, 2.45) is 0 Å². The van der Waals surface area contributed by atoms with E-state index < -0.39 is 0 Å². The molecule has 0 N–H and O–H groups in total. The van der Waals surface area contributed by atoms with Crippen molar-refractivity contribution in [2.45, 2.75) is 0 Å². The highest BCUT2D eigenvalue weighted by Gasteiger charge is 2.18. The van der Waals surface area contributed by atoms with Crippen LogP contribution in [0, 0.1) is 0 Å². The van der Waals surface area contributed by atoms with Gasteiger partial charge in [0.2, 0.25) is 0 Å². The van der Waals surface area contributed by atoms with Crippen molar-refractivity contribution in [1.29, 1.82) is 0 Å². The number of pyridine rings is 2. The van der Waals surface area contributed by atoms with Gasteiger partial charge in [0.1, 0.15) is 22.3 Å². The Morgan fingerprint density at radius 1 is 0.370 bits per heavy atom. The quantitative estimate of drug-likeness (QED) is 0.201. The summed E-state index contributed by atoms with van der Waals surface area (Å²) < 4.78 is 17.5. The van der Waals surface area contributed by atoms with E-state index in [9.17, 15) is 0 Å². The van der Waals surface area contributed by atoms with Crippen LogP contribution in [0.15, 0.2) is 143 Å². The van der Waals surface area contributed by atoms with Gasteiger partial charge in [0.05, 0.1) is 34.5 Å². The molecule has 0 aliphatic heterocycles. The zero-order chi connectivity index (χ0) is 29.9. The molecule has 46 heavy (non-hydrogen) atoms. The second-order valence-electron chi connectivity index (χ2n) is 11.9. The minimum absolute atomic E-state index is 0.831. The van der Waals surface area contributed by atoms with E-state index in [2.05, 4.69) is 128 Å². The fraction of sp³-hybridized carbons (Fsp3) is 0. The fourth-order valence-corrected chi connectivity index (χ4v) is 7.49. The van der Waals surface area contributed by atoms with Crippen LogP contribution in [0.2, 0.25) is 0 Å². The molecule has 0 aliphatic rings. The molecule has 0 aliphatic carbocycles. The SMILES string of the molecule is c1ccc2c(c1)c1ccncc1n2-c1ccc2oc3cc4c(cc3c2c1)oc1ccc(-n2c3ccccc3c3ccncc32)cc14. The average Bonchev–Trinajstić information content (AvgIpc) is 3.84. The molecule has 0 atom stereocenters. The molecular formula is C40H22N4O2. The maximum absolute atomic E-state index is 6.47. The molecule has 0 fully saturated rings.